The zero-order valence-corrected chi connectivity index (χ0v) is 12.0. The Morgan fingerprint density at radius 3 is 2.60 bits per heavy atom. The predicted octanol–water partition coefficient (Wildman–Crippen LogP) is 2.59. The highest BCUT2D eigenvalue weighted by atomic mass is 15.4. The SMILES string of the molecule is Cc1cc(N2CCC3(CCCC3)CC2)n2ncnc2n1. The Labute approximate surface area is 119 Å². The van der Waals surface area contributed by atoms with Crippen LogP contribution < -0.4 is 4.90 Å². The van der Waals surface area contributed by atoms with Gasteiger partial charge in [0.25, 0.3) is 5.78 Å². The summed E-state index contributed by atoms with van der Waals surface area (Å²) in [5.74, 6) is 1.86. The fourth-order valence-electron chi connectivity index (χ4n) is 3.97. The van der Waals surface area contributed by atoms with Crippen LogP contribution in [-0.2, 0) is 0 Å². The van der Waals surface area contributed by atoms with Gasteiger partial charge in [0.15, 0.2) is 0 Å². The van der Waals surface area contributed by atoms with Crippen molar-refractivity contribution in [2.75, 3.05) is 18.0 Å². The quantitative estimate of drug-likeness (QED) is 0.800. The van der Waals surface area contributed by atoms with Gasteiger partial charge in [0.2, 0.25) is 0 Å². The normalized spacial score (nSPS) is 21.9. The lowest BCUT2D eigenvalue weighted by Gasteiger charge is -2.40. The molecule has 1 aliphatic heterocycles. The molecule has 0 bridgehead atoms. The first kappa shape index (κ1) is 12.1. The summed E-state index contributed by atoms with van der Waals surface area (Å²) < 4.78 is 1.87. The Morgan fingerprint density at radius 1 is 1.10 bits per heavy atom. The highest BCUT2D eigenvalue weighted by molar-refractivity contribution is 5.47. The van der Waals surface area contributed by atoms with Gasteiger partial charge < -0.3 is 4.90 Å². The van der Waals surface area contributed by atoms with Gasteiger partial charge in [0.1, 0.15) is 12.1 Å². The van der Waals surface area contributed by atoms with E-state index in [2.05, 4.69) is 26.0 Å². The molecule has 0 N–H and O–H groups in total. The molecule has 1 saturated carbocycles. The summed E-state index contributed by atoms with van der Waals surface area (Å²) in [6.45, 7) is 4.30. The van der Waals surface area contributed by atoms with E-state index in [1.807, 2.05) is 11.4 Å². The van der Waals surface area contributed by atoms with Gasteiger partial charge in [0, 0.05) is 24.8 Å². The second-order valence-electron chi connectivity index (χ2n) is 6.42. The predicted molar refractivity (Wildman–Crippen MR) is 77.9 cm³/mol. The van der Waals surface area contributed by atoms with Gasteiger partial charge in [0.05, 0.1) is 0 Å². The zero-order valence-electron chi connectivity index (χ0n) is 12.0. The first-order valence-electron chi connectivity index (χ1n) is 7.68. The van der Waals surface area contributed by atoms with Crippen LogP contribution in [0.1, 0.15) is 44.2 Å². The molecule has 1 aliphatic carbocycles. The largest absolute Gasteiger partial charge is 0.356 e. The molecule has 2 fully saturated rings. The number of hydrogen-bond acceptors (Lipinski definition) is 4. The maximum absolute atomic E-state index is 4.42. The van der Waals surface area contributed by atoms with Crippen LogP contribution in [0, 0.1) is 12.3 Å². The molecule has 106 valence electrons. The van der Waals surface area contributed by atoms with Crippen molar-refractivity contribution in [3.8, 4) is 0 Å². The number of aryl methyl sites for hydroxylation is 1. The van der Waals surface area contributed by atoms with Crippen LogP contribution in [0.5, 0.6) is 0 Å². The van der Waals surface area contributed by atoms with E-state index >= 15 is 0 Å². The minimum Gasteiger partial charge on any atom is -0.356 e. The summed E-state index contributed by atoms with van der Waals surface area (Å²) in [4.78, 5) is 11.1. The molecule has 0 unspecified atom stereocenters. The van der Waals surface area contributed by atoms with Gasteiger partial charge in [-0.05, 0) is 38.0 Å². The summed E-state index contributed by atoms with van der Waals surface area (Å²) in [5, 5.41) is 4.33. The Morgan fingerprint density at radius 2 is 1.85 bits per heavy atom. The van der Waals surface area contributed by atoms with Gasteiger partial charge in [-0.3, -0.25) is 0 Å². The number of piperidine rings is 1. The number of hydrogen-bond donors (Lipinski definition) is 0. The van der Waals surface area contributed by atoms with Gasteiger partial charge in [-0.25, -0.2) is 4.98 Å². The molecular weight excluding hydrogens is 250 g/mol. The van der Waals surface area contributed by atoms with E-state index in [-0.39, 0.29) is 0 Å². The Kier molecular flexibility index (Phi) is 2.69. The standard InChI is InChI=1S/C15H21N5/c1-12-10-13(20-14(18-12)16-11-17-20)19-8-6-15(7-9-19)4-2-3-5-15/h10-11H,2-9H2,1H3. The van der Waals surface area contributed by atoms with E-state index in [9.17, 15) is 0 Å². The lowest BCUT2D eigenvalue weighted by Crippen LogP contribution is -2.39. The summed E-state index contributed by atoms with van der Waals surface area (Å²) in [6, 6.07) is 2.13. The number of nitrogens with zero attached hydrogens (tertiary/aromatic N) is 5. The van der Waals surface area contributed by atoms with Crippen LogP contribution in [0.25, 0.3) is 5.78 Å². The van der Waals surface area contributed by atoms with E-state index in [4.69, 9.17) is 0 Å². The van der Waals surface area contributed by atoms with Gasteiger partial charge in [-0.2, -0.15) is 14.6 Å². The average molecular weight is 271 g/mol. The first-order valence-corrected chi connectivity index (χ1v) is 7.68. The van der Waals surface area contributed by atoms with Crippen molar-refractivity contribution in [1.82, 2.24) is 19.6 Å². The van der Waals surface area contributed by atoms with Gasteiger partial charge >= 0.3 is 0 Å². The van der Waals surface area contributed by atoms with E-state index in [0.717, 1.165) is 24.6 Å². The molecule has 2 aromatic rings. The molecule has 0 radical (unpaired) electrons. The minimum absolute atomic E-state index is 0.653. The second kappa shape index (κ2) is 4.43. The molecule has 0 aromatic carbocycles. The molecule has 2 aliphatic rings. The molecule has 5 heteroatoms. The van der Waals surface area contributed by atoms with E-state index in [0.29, 0.717) is 11.2 Å². The van der Waals surface area contributed by atoms with E-state index in [1.54, 1.807) is 6.33 Å². The summed E-state index contributed by atoms with van der Waals surface area (Å²) in [6.07, 6.45) is 9.98. The number of anilines is 1. The lowest BCUT2D eigenvalue weighted by molar-refractivity contribution is 0.226. The molecule has 0 atom stereocenters. The fraction of sp³-hybridized carbons (Fsp3) is 0.667. The van der Waals surface area contributed by atoms with Crippen LogP contribution >= 0.6 is 0 Å². The van der Waals surface area contributed by atoms with E-state index < -0.39 is 0 Å². The third kappa shape index (κ3) is 1.87. The number of aromatic nitrogens is 4. The van der Waals surface area contributed by atoms with Crippen LogP contribution in [0.3, 0.4) is 0 Å². The van der Waals surface area contributed by atoms with E-state index in [1.165, 1.54) is 38.5 Å². The van der Waals surface area contributed by atoms with Crippen molar-refractivity contribution in [2.45, 2.75) is 45.4 Å². The van der Waals surface area contributed by atoms with Crippen LogP contribution in [0.4, 0.5) is 5.82 Å². The van der Waals surface area contributed by atoms with Gasteiger partial charge in [-0.1, -0.05) is 12.8 Å². The van der Waals surface area contributed by atoms with Crippen molar-refractivity contribution in [3.63, 3.8) is 0 Å². The maximum Gasteiger partial charge on any atom is 0.254 e. The summed E-state index contributed by atoms with van der Waals surface area (Å²) in [5.41, 5.74) is 1.67. The second-order valence-corrected chi connectivity index (χ2v) is 6.42. The van der Waals surface area contributed by atoms with Crippen molar-refractivity contribution in [3.05, 3.63) is 18.1 Å². The molecule has 4 rings (SSSR count). The maximum atomic E-state index is 4.42. The Balaban J connectivity index is 1.62. The summed E-state index contributed by atoms with van der Waals surface area (Å²) >= 11 is 0. The minimum atomic E-state index is 0.653. The van der Waals surface area contributed by atoms with Crippen molar-refractivity contribution >= 4 is 11.6 Å². The van der Waals surface area contributed by atoms with Crippen LogP contribution in [-0.4, -0.2) is 32.7 Å². The van der Waals surface area contributed by atoms with Crippen molar-refractivity contribution in [2.24, 2.45) is 5.41 Å². The molecule has 3 heterocycles. The molecule has 1 spiro atoms. The number of rotatable bonds is 1. The highest BCUT2D eigenvalue weighted by Crippen LogP contribution is 2.46. The smallest absolute Gasteiger partial charge is 0.254 e. The molecular formula is C15H21N5. The van der Waals surface area contributed by atoms with Crippen molar-refractivity contribution in [1.29, 1.82) is 0 Å². The molecule has 5 nitrogen and oxygen atoms in total. The van der Waals surface area contributed by atoms with Crippen LogP contribution in [0.15, 0.2) is 12.4 Å². The first-order chi connectivity index (χ1) is 9.76. The monoisotopic (exact) mass is 271 g/mol. The average Bonchev–Trinajstić information content (AvgIpc) is 3.08. The summed E-state index contributed by atoms with van der Waals surface area (Å²) in [7, 11) is 0. The molecule has 2 aromatic heterocycles. The Hall–Kier alpha value is -1.65. The van der Waals surface area contributed by atoms with Crippen LogP contribution in [0.2, 0.25) is 0 Å². The lowest BCUT2D eigenvalue weighted by atomic mass is 9.77. The molecule has 1 saturated heterocycles. The molecule has 20 heavy (non-hydrogen) atoms. The number of fused-ring (bicyclic) bond motifs is 1. The topological polar surface area (TPSA) is 46.3 Å². The molecule has 0 amide bonds. The third-order valence-electron chi connectivity index (χ3n) is 5.17. The Bertz CT molecular complexity index is 616. The van der Waals surface area contributed by atoms with Gasteiger partial charge in [-0.15, -0.1) is 0 Å². The fourth-order valence-corrected chi connectivity index (χ4v) is 3.97. The zero-order chi connectivity index (χ0) is 13.6. The highest BCUT2D eigenvalue weighted by Gasteiger charge is 2.37. The van der Waals surface area contributed by atoms with Crippen molar-refractivity contribution < 1.29 is 0 Å². The third-order valence-corrected chi connectivity index (χ3v) is 5.17.